The second-order valence-electron chi connectivity index (χ2n) is 5.04. The Balaban J connectivity index is 4.08. The van der Waals surface area contributed by atoms with Crippen LogP contribution in [0.1, 0.15) is 34.6 Å². The van der Waals surface area contributed by atoms with Crippen molar-refractivity contribution in [2.24, 2.45) is 0 Å². The van der Waals surface area contributed by atoms with Crippen LogP contribution in [0.2, 0.25) is 0 Å². The summed E-state index contributed by atoms with van der Waals surface area (Å²) in [7, 11) is 0. The number of nitrogens with one attached hydrogen (secondary N) is 2. The first kappa shape index (κ1) is 15.5. The van der Waals surface area contributed by atoms with Gasteiger partial charge in [0.05, 0.1) is 0 Å². The Morgan fingerprint density at radius 2 is 1.88 bits per heavy atom. The number of carbonyl (C=O) groups excluding carboxylic acids is 2. The van der Waals surface area contributed by atoms with Gasteiger partial charge in [0.25, 0.3) is 0 Å². The summed E-state index contributed by atoms with van der Waals surface area (Å²) in [5.74, 6) is -0.265. The number of ether oxygens (including phenoxy) is 1. The third kappa shape index (κ3) is 8.30. The van der Waals surface area contributed by atoms with Crippen molar-refractivity contribution in [3.63, 3.8) is 0 Å². The first-order valence-corrected chi connectivity index (χ1v) is 5.53. The van der Waals surface area contributed by atoms with E-state index in [1.54, 1.807) is 27.7 Å². The van der Waals surface area contributed by atoms with Crippen LogP contribution in [0.4, 0.5) is 4.79 Å². The van der Waals surface area contributed by atoms with E-state index in [4.69, 9.17) is 4.74 Å². The second kappa shape index (κ2) is 6.27. The largest absolute Gasteiger partial charge is 0.444 e. The molecule has 5 nitrogen and oxygen atoms in total. The van der Waals surface area contributed by atoms with Crippen LogP contribution in [0.3, 0.4) is 0 Å². The van der Waals surface area contributed by atoms with Gasteiger partial charge in [-0.15, -0.1) is 0 Å². The minimum Gasteiger partial charge on any atom is -0.444 e. The predicted molar refractivity (Wildman–Crippen MR) is 66.7 cm³/mol. The van der Waals surface area contributed by atoms with Crippen molar-refractivity contribution in [1.29, 1.82) is 0 Å². The summed E-state index contributed by atoms with van der Waals surface area (Å²) in [6, 6.07) is -0.635. The molecule has 17 heavy (non-hydrogen) atoms. The van der Waals surface area contributed by atoms with Gasteiger partial charge in [0.1, 0.15) is 11.6 Å². The van der Waals surface area contributed by atoms with Crippen molar-refractivity contribution in [2.45, 2.75) is 46.3 Å². The van der Waals surface area contributed by atoms with E-state index in [0.717, 1.165) is 5.57 Å². The molecule has 0 unspecified atom stereocenters. The highest BCUT2D eigenvalue weighted by Gasteiger charge is 2.20. The summed E-state index contributed by atoms with van der Waals surface area (Å²) in [5.41, 5.74) is 0.278. The Morgan fingerprint density at radius 3 is 2.29 bits per heavy atom. The highest BCUT2D eigenvalue weighted by atomic mass is 16.6. The number of hydrogen-bond donors (Lipinski definition) is 2. The van der Waals surface area contributed by atoms with Crippen LogP contribution in [0.25, 0.3) is 0 Å². The summed E-state index contributed by atoms with van der Waals surface area (Å²) in [4.78, 5) is 22.9. The Kier molecular flexibility index (Phi) is 5.71. The van der Waals surface area contributed by atoms with E-state index in [2.05, 4.69) is 17.2 Å². The summed E-state index contributed by atoms with van der Waals surface area (Å²) >= 11 is 0. The molecule has 0 radical (unpaired) electrons. The van der Waals surface area contributed by atoms with E-state index in [0.29, 0.717) is 6.54 Å². The minimum atomic E-state index is -0.635. The molecule has 2 N–H and O–H groups in total. The fourth-order valence-corrected chi connectivity index (χ4v) is 0.941. The van der Waals surface area contributed by atoms with Gasteiger partial charge in [0.15, 0.2) is 0 Å². The van der Waals surface area contributed by atoms with Gasteiger partial charge in [0.2, 0.25) is 5.91 Å². The lowest BCUT2D eigenvalue weighted by atomic mass is 10.2. The SMILES string of the molecule is C=C(C)CNC(=O)[C@H](C)NC(=O)OC(C)(C)C. The molecule has 0 aliphatic carbocycles. The highest BCUT2D eigenvalue weighted by Crippen LogP contribution is 2.06. The molecule has 0 rings (SSSR count). The molecule has 0 bridgehead atoms. The molecule has 2 amide bonds. The number of rotatable bonds is 4. The van der Waals surface area contributed by atoms with Gasteiger partial charge in [-0.2, -0.15) is 0 Å². The van der Waals surface area contributed by atoms with Gasteiger partial charge in [0, 0.05) is 6.54 Å². The van der Waals surface area contributed by atoms with Gasteiger partial charge in [-0.05, 0) is 34.6 Å². The number of alkyl carbamates (subject to hydrolysis) is 1. The summed E-state index contributed by atoms with van der Waals surface area (Å²) in [6.07, 6.45) is -0.601. The van der Waals surface area contributed by atoms with E-state index >= 15 is 0 Å². The van der Waals surface area contributed by atoms with Crippen molar-refractivity contribution < 1.29 is 14.3 Å². The average molecular weight is 242 g/mol. The smallest absolute Gasteiger partial charge is 0.408 e. The molecule has 0 aromatic rings. The first-order chi connectivity index (χ1) is 7.61. The highest BCUT2D eigenvalue weighted by molar-refractivity contribution is 5.85. The average Bonchev–Trinajstić information content (AvgIpc) is 2.10. The van der Waals surface area contributed by atoms with Crippen molar-refractivity contribution in [2.75, 3.05) is 6.54 Å². The van der Waals surface area contributed by atoms with Gasteiger partial charge in [-0.3, -0.25) is 4.79 Å². The molecule has 98 valence electrons. The summed E-state index contributed by atoms with van der Waals surface area (Å²) < 4.78 is 5.04. The van der Waals surface area contributed by atoms with Gasteiger partial charge in [-0.25, -0.2) is 4.79 Å². The van der Waals surface area contributed by atoms with Crippen LogP contribution in [-0.2, 0) is 9.53 Å². The predicted octanol–water partition coefficient (Wildman–Crippen LogP) is 1.59. The zero-order valence-corrected chi connectivity index (χ0v) is 11.2. The van der Waals surface area contributed by atoms with E-state index < -0.39 is 17.7 Å². The standard InChI is InChI=1S/C12H22N2O3/c1-8(2)7-13-10(15)9(3)14-11(16)17-12(4,5)6/h9H,1,7H2,2-6H3,(H,13,15)(H,14,16)/t9-/m0/s1. The summed E-state index contributed by atoms with van der Waals surface area (Å²) in [6.45, 7) is 12.8. The Bertz CT molecular complexity index is 305. The molecule has 0 spiro atoms. The van der Waals surface area contributed by atoms with Crippen LogP contribution >= 0.6 is 0 Å². The van der Waals surface area contributed by atoms with Gasteiger partial charge in [-0.1, -0.05) is 12.2 Å². The molecule has 0 aliphatic heterocycles. The zero-order valence-electron chi connectivity index (χ0n) is 11.2. The van der Waals surface area contributed by atoms with Crippen LogP contribution < -0.4 is 10.6 Å². The molecule has 1 atom stereocenters. The minimum absolute atomic E-state index is 0.265. The topological polar surface area (TPSA) is 67.4 Å². The lowest BCUT2D eigenvalue weighted by molar-refractivity contribution is -0.122. The number of carbonyl (C=O) groups is 2. The van der Waals surface area contributed by atoms with Crippen LogP contribution in [0.15, 0.2) is 12.2 Å². The molecule has 5 heteroatoms. The fourth-order valence-electron chi connectivity index (χ4n) is 0.941. The lowest BCUT2D eigenvalue weighted by Gasteiger charge is -2.21. The lowest BCUT2D eigenvalue weighted by Crippen LogP contribution is -2.46. The second-order valence-corrected chi connectivity index (χ2v) is 5.04. The quantitative estimate of drug-likeness (QED) is 0.736. The number of amides is 2. The van der Waals surface area contributed by atoms with Gasteiger partial charge < -0.3 is 15.4 Å². The Labute approximate surface area is 103 Å². The Hall–Kier alpha value is -1.52. The van der Waals surface area contributed by atoms with Crippen LogP contribution in [0, 0.1) is 0 Å². The number of hydrogen-bond acceptors (Lipinski definition) is 3. The van der Waals surface area contributed by atoms with Gasteiger partial charge >= 0.3 is 6.09 Å². The fraction of sp³-hybridized carbons (Fsp3) is 0.667. The third-order valence-electron chi connectivity index (χ3n) is 1.69. The monoisotopic (exact) mass is 242 g/mol. The molecule has 0 aliphatic rings. The maximum atomic E-state index is 11.5. The molecular weight excluding hydrogens is 220 g/mol. The molecule has 0 saturated carbocycles. The van der Waals surface area contributed by atoms with E-state index in [1.807, 2.05) is 6.92 Å². The maximum absolute atomic E-state index is 11.5. The van der Waals surface area contributed by atoms with Crippen LogP contribution in [-0.4, -0.2) is 30.2 Å². The van der Waals surface area contributed by atoms with Crippen molar-refractivity contribution in [3.05, 3.63) is 12.2 Å². The molecule has 0 saturated heterocycles. The van der Waals surface area contributed by atoms with Crippen LogP contribution in [0.5, 0.6) is 0 Å². The normalized spacial score (nSPS) is 12.5. The first-order valence-electron chi connectivity index (χ1n) is 5.53. The van der Waals surface area contributed by atoms with Crippen molar-refractivity contribution in [1.82, 2.24) is 10.6 Å². The molecule has 0 aromatic heterocycles. The van der Waals surface area contributed by atoms with E-state index in [9.17, 15) is 9.59 Å². The van der Waals surface area contributed by atoms with Crippen molar-refractivity contribution >= 4 is 12.0 Å². The van der Waals surface area contributed by atoms with Crippen molar-refractivity contribution in [3.8, 4) is 0 Å². The van der Waals surface area contributed by atoms with E-state index in [1.165, 1.54) is 0 Å². The maximum Gasteiger partial charge on any atom is 0.408 e. The Morgan fingerprint density at radius 1 is 1.35 bits per heavy atom. The third-order valence-corrected chi connectivity index (χ3v) is 1.69. The van der Waals surface area contributed by atoms with E-state index in [-0.39, 0.29) is 5.91 Å². The molecular formula is C12H22N2O3. The molecule has 0 aromatic carbocycles. The zero-order chi connectivity index (χ0) is 13.6. The molecule has 0 heterocycles. The molecule has 0 fully saturated rings. The summed E-state index contributed by atoms with van der Waals surface area (Å²) in [5, 5.41) is 5.10.